The summed E-state index contributed by atoms with van der Waals surface area (Å²) in [6, 6.07) is 11.0. The summed E-state index contributed by atoms with van der Waals surface area (Å²) >= 11 is 0. The minimum atomic E-state index is -0.534. The minimum Gasteiger partial charge on any atom is -0.482 e. The van der Waals surface area contributed by atoms with E-state index in [1.165, 1.54) is 12.1 Å². The third-order valence-electron chi connectivity index (χ3n) is 3.30. The molecule has 0 saturated carbocycles. The van der Waals surface area contributed by atoms with Gasteiger partial charge in [0.2, 0.25) is 5.91 Å². The molecular formula is C16H13N3O4. The Morgan fingerprint density at radius 1 is 1.09 bits per heavy atom. The lowest BCUT2D eigenvalue weighted by molar-refractivity contribution is -0.118. The maximum Gasteiger partial charge on any atom is 0.262 e. The largest absolute Gasteiger partial charge is 0.482 e. The molecule has 0 spiro atoms. The summed E-state index contributed by atoms with van der Waals surface area (Å²) in [7, 11) is 0. The highest BCUT2D eigenvalue weighted by atomic mass is 16.5. The molecule has 0 unspecified atom stereocenters. The van der Waals surface area contributed by atoms with Crippen molar-refractivity contribution in [1.29, 1.82) is 0 Å². The number of primary amides is 1. The van der Waals surface area contributed by atoms with Crippen LogP contribution in [0, 0.1) is 0 Å². The second-order valence-corrected chi connectivity index (χ2v) is 4.94. The number of hydrogen-bond acceptors (Lipinski definition) is 4. The van der Waals surface area contributed by atoms with E-state index in [1.54, 1.807) is 30.3 Å². The summed E-state index contributed by atoms with van der Waals surface area (Å²) in [5.41, 5.74) is 6.87. The maximum atomic E-state index is 12.2. The van der Waals surface area contributed by atoms with Gasteiger partial charge < -0.3 is 21.1 Å². The predicted octanol–water partition coefficient (Wildman–Crippen LogP) is 1.37. The van der Waals surface area contributed by atoms with Crippen LogP contribution in [-0.4, -0.2) is 24.3 Å². The number of carbonyl (C=O) groups is 3. The van der Waals surface area contributed by atoms with Crippen molar-refractivity contribution < 1.29 is 19.1 Å². The molecule has 1 aliphatic rings. The van der Waals surface area contributed by atoms with Gasteiger partial charge in [-0.05, 0) is 42.5 Å². The molecule has 2 aromatic carbocycles. The highest BCUT2D eigenvalue weighted by Gasteiger charge is 2.17. The van der Waals surface area contributed by atoms with Crippen molar-refractivity contribution >= 4 is 29.1 Å². The smallest absolute Gasteiger partial charge is 0.262 e. The fraction of sp³-hybridized carbons (Fsp3) is 0.0625. The Hall–Kier alpha value is -3.35. The zero-order valence-corrected chi connectivity index (χ0v) is 12.0. The van der Waals surface area contributed by atoms with E-state index in [0.717, 1.165) is 0 Å². The van der Waals surface area contributed by atoms with Gasteiger partial charge in [-0.3, -0.25) is 14.4 Å². The van der Waals surface area contributed by atoms with E-state index < -0.39 is 5.91 Å². The SMILES string of the molecule is NC(=O)c1ccc(NC(=O)c2ccc3c(c2)NC(=O)CO3)cc1. The molecule has 0 saturated heterocycles. The Balaban J connectivity index is 1.77. The number of nitrogens with one attached hydrogen (secondary N) is 2. The molecule has 2 aromatic rings. The van der Waals surface area contributed by atoms with Crippen molar-refractivity contribution in [2.75, 3.05) is 17.2 Å². The molecule has 3 rings (SSSR count). The van der Waals surface area contributed by atoms with Crippen LogP contribution in [0.25, 0.3) is 0 Å². The Morgan fingerprint density at radius 3 is 2.48 bits per heavy atom. The van der Waals surface area contributed by atoms with Crippen LogP contribution in [0.5, 0.6) is 5.75 Å². The maximum absolute atomic E-state index is 12.2. The van der Waals surface area contributed by atoms with Crippen molar-refractivity contribution in [3.05, 3.63) is 53.6 Å². The van der Waals surface area contributed by atoms with Gasteiger partial charge in [-0.15, -0.1) is 0 Å². The van der Waals surface area contributed by atoms with E-state index >= 15 is 0 Å². The number of amides is 3. The number of hydrogen-bond donors (Lipinski definition) is 3. The van der Waals surface area contributed by atoms with Gasteiger partial charge in [0.1, 0.15) is 5.75 Å². The third kappa shape index (κ3) is 3.13. The molecule has 0 aromatic heterocycles. The first-order valence-electron chi connectivity index (χ1n) is 6.81. The fourth-order valence-corrected chi connectivity index (χ4v) is 2.15. The Kier molecular flexibility index (Phi) is 3.68. The highest BCUT2D eigenvalue weighted by molar-refractivity contribution is 6.06. The third-order valence-corrected chi connectivity index (χ3v) is 3.30. The first-order chi connectivity index (χ1) is 11.0. The zero-order valence-electron chi connectivity index (χ0n) is 12.0. The summed E-state index contributed by atoms with van der Waals surface area (Å²) in [5.74, 6) is -0.628. The molecule has 7 nitrogen and oxygen atoms in total. The minimum absolute atomic E-state index is 0.0369. The van der Waals surface area contributed by atoms with Crippen LogP contribution in [0.2, 0.25) is 0 Å². The second-order valence-electron chi connectivity index (χ2n) is 4.94. The number of ether oxygens (including phenoxy) is 1. The fourth-order valence-electron chi connectivity index (χ4n) is 2.15. The summed E-state index contributed by atoms with van der Waals surface area (Å²) in [6.07, 6.45) is 0. The van der Waals surface area contributed by atoms with Gasteiger partial charge in [-0.25, -0.2) is 0 Å². The van der Waals surface area contributed by atoms with Gasteiger partial charge in [0.25, 0.3) is 11.8 Å². The molecule has 3 amide bonds. The molecule has 23 heavy (non-hydrogen) atoms. The van der Waals surface area contributed by atoms with Crippen molar-refractivity contribution in [1.82, 2.24) is 0 Å². The molecule has 1 aliphatic heterocycles. The summed E-state index contributed by atoms with van der Waals surface area (Å²) < 4.78 is 5.24. The molecule has 1 heterocycles. The first-order valence-corrected chi connectivity index (χ1v) is 6.81. The van der Waals surface area contributed by atoms with Crippen LogP contribution in [-0.2, 0) is 4.79 Å². The van der Waals surface area contributed by atoms with Crippen molar-refractivity contribution in [3.63, 3.8) is 0 Å². The average molecular weight is 311 g/mol. The van der Waals surface area contributed by atoms with Gasteiger partial charge in [-0.1, -0.05) is 0 Å². The second kappa shape index (κ2) is 5.80. The summed E-state index contributed by atoms with van der Waals surface area (Å²) in [5, 5.41) is 5.34. The van der Waals surface area contributed by atoms with Gasteiger partial charge in [0.05, 0.1) is 5.69 Å². The Morgan fingerprint density at radius 2 is 1.78 bits per heavy atom. The molecule has 4 N–H and O–H groups in total. The molecule has 0 bridgehead atoms. The molecule has 0 atom stereocenters. The van der Waals surface area contributed by atoms with Crippen molar-refractivity contribution in [3.8, 4) is 5.75 Å². The van der Waals surface area contributed by atoms with E-state index in [-0.39, 0.29) is 18.4 Å². The van der Waals surface area contributed by atoms with Crippen LogP contribution >= 0.6 is 0 Å². The number of anilines is 2. The molecule has 0 radical (unpaired) electrons. The van der Waals surface area contributed by atoms with Crippen molar-refractivity contribution in [2.24, 2.45) is 5.73 Å². The number of carbonyl (C=O) groups excluding carboxylic acids is 3. The lowest BCUT2D eigenvalue weighted by Crippen LogP contribution is -2.25. The number of benzene rings is 2. The summed E-state index contributed by atoms with van der Waals surface area (Å²) in [4.78, 5) is 34.6. The first kappa shape index (κ1) is 14.6. The molecule has 0 fully saturated rings. The zero-order chi connectivity index (χ0) is 16.4. The van der Waals surface area contributed by atoms with Crippen molar-refractivity contribution in [2.45, 2.75) is 0 Å². The number of rotatable bonds is 3. The Bertz CT molecular complexity index is 799. The van der Waals surface area contributed by atoms with E-state index in [1.807, 2.05) is 0 Å². The molecule has 7 heteroatoms. The lowest BCUT2D eigenvalue weighted by Gasteiger charge is -2.18. The van der Waals surface area contributed by atoms with E-state index in [0.29, 0.717) is 28.3 Å². The predicted molar refractivity (Wildman–Crippen MR) is 83.5 cm³/mol. The standard InChI is InChI=1S/C16H13N3O4/c17-15(21)9-1-4-11(5-2-9)18-16(22)10-3-6-13-12(7-10)19-14(20)8-23-13/h1-7H,8H2,(H2,17,21)(H,18,22)(H,19,20). The van der Waals surface area contributed by atoms with E-state index in [4.69, 9.17) is 10.5 Å². The normalized spacial score (nSPS) is 12.6. The van der Waals surface area contributed by atoms with Crippen LogP contribution in [0.1, 0.15) is 20.7 Å². The Labute approximate surface area is 131 Å². The molecule has 0 aliphatic carbocycles. The van der Waals surface area contributed by atoms with Crippen LogP contribution < -0.4 is 21.1 Å². The quantitative estimate of drug-likeness (QED) is 0.795. The van der Waals surface area contributed by atoms with Gasteiger partial charge in [0.15, 0.2) is 6.61 Å². The topological polar surface area (TPSA) is 111 Å². The number of nitrogens with two attached hydrogens (primary N) is 1. The molecule has 116 valence electrons. The van der Waals surface area contributed by atoms with Crippen LogP contribution in [0.3, 0.4) is 0 Å². The van der Waals surface area contributed by atoms with Crippen LogP contribution in [0.15, 0.2) is 42.5 Å². The summed E-state index contributed by atoms with van der Waals surface area (Å²) in [6.45, 7) is -0.0369. The molecular weight excluding hydrogens is 298 g/mol. The lowest BCUT2D eigenvalue weighted by atomic mass is 10.1. The average Bonchev–Trinajstić information content (AvgIpc) is 2.54. The van der Waals surface area contributed by atoms with Gasteiger partial charge in [-0.2, -0.15) is 0 Å². The van der Waals surface area contributed by atoms with Gasteiger partial charge >= 0.3 is 0 Å². The van der Waals surface area contributed by atoms with E-state index in [2.05, 4.69) is 10.6 Å². The van der Waals surface area contributed by atoms with Gasteiger partial charge in [0, 0.05) is 16.8 Å². The highest BCUT2D eigenvalue weighted by Crippen LogP contribution is 2.28. The van der Waals surface area contributed by atoms with Crippen LogP contribution in [0.4, 0.5) is 11.4 Å². The van der Waals surface area contributed by atoms with E-state index in [9.17, 15) is 14.4 Å². The number of fused-ring (bicyclic) bond motifs is 1. The monoisotopic (exact) mass is 311 g/mol.